The van der Waals surface area contributed by atoms with Crippen molar-refractivity contribution in [1.82, 2.24) is 4.90 Å². The van der Waals surface area contributed by atoms with E-state index in [1.807, 2.05) is 37.3 Å². The zero-order valence-electron chi connectivity index (χ0n) is 14.2. The first-order valence-electron chi connectivity index (χ1n) is 8.24. The molecule has 1 N–H and O–H groups in total. The summed E-state index contributed by atoms with van der Waals surface area (Å²) in [6, 6.07) is 14.9. The molecule has 0 radical (unpaired) electrons. The highest BCUT2D eigenvalue weighted by atomic mass is 32.2. The van der Waals surface area contributed by atoms with Gasteiger partial charge < -0.3 is 5.32 Å². The average Bonchev–Trinajstić information content (AvgIpc) is 2.92. The van der Waals surface area contributed by atoms with Crippen molar-refractivity contribution in [2.75, 3.05) is 11.9 Å². The van der Waals surface area contributed by atoms with Gasteiger partial charge in [0.2, 0.25) is 11.8 Å². The quantitative estimate of drug-likeness (QED) is 0.869. The normalized spacial score (nSPS) is 18.4. The number of nitrogens with one attached hydrogen (secondary N) is 1. The predicted molar refractivity (Wildman–Crippen MR) is 102 cm³/mol. The predicted octanol–water partition coefficient (Wildman–Crippen LogP) is 3.81. The summed E-state index contributed by atoms with van der Waals surface area (Å²) in [6.07, 6.45) is 0.0329. The molecule has 2 amide bonds. The number of hydrogen-bond acceptors (Lipinski definition) is 4. The molecule has 2 aromatic rings. The highest BCUT2D eigenvalue weighted by molar-refractivity contribution is 8.15. The molecule has 0 aromatic heterocycles. The van der Waals surface area contributed by atoms with Crippen molar-refractivity contribution in [3.63, 3.8) is 0 Å². The van der Waals surface area contributed by atoms with Gasteiger partial charge >= 0.3 is 0 Å². The number of nitrogens with zero attached hydrogens (tertiary/aromatic N) is 2. The third kappa shape index (κ3) is 4.29. The molecule has 1 saturated heterocycles. The summed E-state index contributed by atoms with van der Waals surface area (Å²) in [6.45, 7) is 2.37. The minimum absolute atomic E-state index is 0.0329. The molecule has 0 aliphatic carbocycles. The summed E-state index contributed by atoms with van der Waals surface area (Å²) in [5.74, 6) is -0.786. The summed E-state index contributed by atoms with van der Waals surface area (Å²) in [4.78, 5) is 30.9. The van der Waals surface area contributed by atoms with Crippen LogP contribution in [0.2, 0.25) is 0 Å². The summed E-state index contributed by atoms with van der Waals surface area (Å²) in [5, 5.41) is 2.77. The highest BCUT2D eigenvalue weighted by Gasteiger charge is 2.38. The van der Waals surface area contributed by atoms with Crippen LogP contribution in [-0.4, -0.2) is 33.7 Å². The maximum Gasteiger partial charge on any atom is 0.242 e. The van der Waals surface area contributed by atoms with E-state index in [0.717, 1.165) is 5.69 Å². The van der Waals surface area contributed by atoms with Crippen molar-refractivity contribution in [3.8, 4) is 0 Å². The number of amides is 2. The number of thioether (sulfide) groups is 1. The average molecular weight is 371 g/mol. The Kier molecular flexibility index (Phi) is 5.68. The molecule has 1 heterocycles. The van der Waals surface area contributed by atoms with Crippen LogP contribution in [0.25, 0.3) is 0 Å². The first kappa shape index (κ1) is 18.1. The molecular formula is C19H18FN3O2S. The van der Waals surface area contributed by atoms with Crippen LogP contribution in [0.3, 0.4) is 0 Å². The summed E-state index contributed by atoms with van der Waals surface area (Å²) < 4.78 is 12.9. The Balaban J connectivity index is 1.68. The first-order chi connectivity index (χ1) is 12.6. The fraction of sp³-hybridized carbons (Fsp3) is 0.211. The Morgan fingerprint density at radius 3 is 2.54 bits per heavy atom. The SMILES string of the molecule is CCN1C(=O)[C@H](CC(=O)Nc2ccc(F)cc2)SC1=Nc1ccccc1. The molecule has 1 atom stereocenters. The van der Waals surface area contributed by atoms with Crippen molar-refractivity contribution in [2.24, 2.45) is 4.99 Å². The smallest absolute Gasteiger partial charge is 0.242 e. The second-order valence-electron chi connectivity index (χ2n) is 5.68. The molecule has 0 bridgehead atoms. The molecule has 7 heteroatoms. The minimum Gasteiger partial charge on any atom is -0.326 e. The molecule has 2 aromatic carbocycles. The van der Waals surface area contributed by atoms with Gasteiger partial charge in [0, 0.05) is 18.7 Å². The van der Waals surface area contributed by atoms with Crippen LogP contribution in [0.15, 0.2) is 59.6 Å². The Morgan fingerprint density at radius 2 is 1.88 bits per heavy atom. The van der Waals surface area contributed by atoms with Crippen molar-refractivity contribution >= 4 is 40.1 Å². The van der Waals surface area contributed by atoms with Crippen LogP contribution in [0.4, 0.5) is 15.8 Å². The number of carbonyl (C=O) groups excluding carboxylic acids is 2. The molecule has 1 aliphatic rings. The topological polar surface area (TPSA) is 61.8 Å². The van der Waals surface area contributed by atoms with Crippen molar-refractivity contribution < 1.29 is 14.0 Å². The maximum absolute atomic E-state index is 12.9. The van der Waals surface area contributed by atoms with E-state index in [0.29, 0.717) is 17.4 Å². The van der Waals surface area contributed by atoms with E-state index in [9.17, 15) is 14.0 Å². The number of halogens is 1. The van der Waals surface area contributed by atoms with Crippen LogP contribution in [0.5, 0.6) is 0 Å². The van der Waals surface area contributed by atoms with E-state index in [2.05, 4.69) is 10.3 Å². The number of benzene rings is 2. The Morgan fingerprint density at radius 1 is 1.19 bits per heavy atom. The van der Waals surface area contributed by atoms with E-state index >= 15 is 0 Å². The van der Waals surface area contributed by atoms with Gasteiger partial charge in [-0.2, -0.15) is 0 Å². The standard InChI is InChI=1S/C19H18FN3O2S/c1-2-23-18(25)16(26-19(23)22-14-6-4-3-5-7-14)12-17(24)21-15-10-8-13(20)9-11-15/h3-11,16H,2,12H2,1H3,(H,21,24)/t16-/m0/s1. The van der Waals surface area contributed by atoms with E-state index in [1.165, 1.54) is 36.0 Å². The number of rotatable bonds is 5. The maximum atomic E-state index is 12.9. The summed E-state index contributed by atoms with van der Waals surface area (Å²) >= 11 is 1.29. The Labute approximate surface area is 155 Å². The van der Waals surface area contributed by atoms with Crippen molar-refractivity contribution in [2.45, 2.75) is 18.6 Å². The largest absolute Gasteiger partial charge is 0.326 e. The zero-order chi connectivity index (χ0) is 18.5. The van der Waals surface area contributed by atoms with Crippen molar-refractivity contribution in [3.05, 3.63) is 60.4 Å². The number of anilines is 1. The Bertz CT molecular complexity index is 824. The lowest BCUT2D eigenvalue weighted by Crippen LogP contribution is -2.33. The van der Waals surface area contributed by atoms with Crippen LogP contribution >= 0.6 is 11.8 Å². The lowest BCUT2D eigenvalue weighted by Gasteiger charge is -2.13. The molecule has 134 valence electrons. The lowest BCUT2D eigenvalue weighted by molar-refractivity contribution is -0.128. The number of para-hydroxylation sites is 1. The van der Waals surface area contributed by atoms with Crippen LogP contribution in [0, 0.1) is 5.82 Å². The van der Waals surface area contributed by atoms with Gasteiger partial charge in [0.15, 0.2) is 5.17 Å². The molecule has 0 spiro atoms. The lowest BCUT2D eigenvalue weighted by atomic mass is 10.2. The fourth-order valence-corrected chi connectivity index (χ4v) is 3.76. The van der Waals surface area contributed by atoms with Gasteiger partial charge in [-0.1, -0.05) is 30.0 Å². The van der Waals surface area contributed by atoms with E-state index in [1.54, 1.807) is 4.90 Å². The van der Waals surface area contributed by atoms with Crippen LogP contribution in [0.1, 0.15) is 13.3 Å². The van der Waals surface area contributed by atoms with Crippen LogP contribution < -0.4 is 5.32 Å². The third-order valence-electron chi connectivity index (χ3n) is 3.82. The van der Waals surface area contributed by atoms with Gasteiger partial charge in [-0.25, -0.2) is 9.38 Å². The zero-order valence-corrected chi connectivity index (χ0v) is 15.0. The second-order valence-corrected chi connectivity index (χ2v) is 6.85. The summed E-state index contributed by atoms with van der Waals surface area (Å²) in [5.41, 5.74) is 1.26. The van der Waals surface area contributed by atoms with Gasteiger partial charge in [0.05, 0.1) is 5.69 Å². The first-order valence-corrected chi connectivity index (χ1v) is 9.12. The molecule has 5 nitrogen and oxygen atoms in total. The Hall–Kier alpha value is -2.67. The number of carbonyl (C=O) groups is 2. The molecule has 1 fully saturated rings. The number of hydrogen-bond donors (Lipinski definition) is 1. The molecule has 1 aliphatic heterocycles. The van der Waals surface area contributed by atoms with Gasteiger partial charge in [-0.3, -0.25) is 14.5 Å². The molecule has 26 heavy (non-hydrogen) atoms. The molecule has 3 rings (SSSR count). The van der Waals surface area contributed by atoms with Gasteiger partial charge in [0.1, 0.15) is 11.1 Å². The third-order valence-corrected chi connectivity index (χ3v) is 4.99. The molecular weight excluding hydrogens is 353 g/mol. The van der Waals surface area contributed by atoms with Gasteiger partial charge in [0.25, 0.3) is 0 Å². The fourth-order valence-electron chi connectivity index (χ4n) is 2.54. The van der Waals surface area contributed by atoms with Crippen molar-refractivity contribution in [1.29, 1.82) is 0 Å². The van der Waals surface area contributed by atoms with E-state index in [-0.39, 0.29) is 24.1 Å². The van der Waals surface area contributed by atoms with Crippen LogP contribution in [-0.2, 0) is 9.59 Å². The highest BCUT2D eigenvalue weighted by Crippen LogP contribution is 2.31. The second kappa shape index (κ2) is 8.14. The number of aliphatic imine (C=N–C) groups is 1. The number of amidine groups is 1. The van der Waals surface area contributed by atoms with E-state index in [4.69, 9.17) is 0 Å². The van der Waals surface area contributed by atoms with Gasteiger partial charge in [-0.15, -0.1) is 0 Å². The summed E-state index contributed by atoms with van der Waals surface area (Å²) in [7, 11) is 0. The van der Waals surface area contributed by atoms with E-state index < -0.39 is 5.25 Å². The molecule has 0 saturated carbocycles. The minimum atomic E-state index is -0.516. The monoisotopic (exact) mass is 371 g/mol. The molecule has 0 unspecified atom stereocenters. The van der Waals surface area contributed by atoms with Gasteiger partial charge in [-0.05, 0) is 43.3 Å².